The Balaban J connectivity index is 1.42. The van der Waals surface area contributed by atoms with E-state index < -0.39 is 0 Å². The van der Waals surface area contributed by atoms with Crippen molar-refractivity contribution in [1.29, 1.82) is 0 Å². The Hall–Kier alpha value is -4.45. The number of carbonyl (C=O) groups excluding carboxylic acids is 1. The maximum Gasteiger partial charge on any atom is 0.255 e. The van der Waals surface area contributed by atoms with Crippen LogP contribution in [0.1, 0.15) is 42.3 Å². The summed E-state index contributed by atoms with van der Waals surface area (Å²) in [5.74, 6) is 0.518. The maximum atomic E-state index is 12.9. The first-order valence-corrected chi connectivity index (χ1v) is 12.0. The molecule has 0 aliphatic rings. The van der Waals surface area contributed by atoms with Gasteiger partial charge in [-0.25, -0.2) is 9.97 Å². The van der Waals surface area contributed by atoms with Gasteiger partial charge in [-0.05, 0) is 59.9 Å². The molecule has 6 heteroatoms. The molecule has 0 atom stereocenters. The molecule has 3 aromatic carbocycles. The summed E-state index contributed by atoms with van der Waals surface area (Å²) in [4.78, 5) is 22.2. The molecule has 2 heterocycles. The summed E-state index contributed by atoms with van der Waals surface area (Å²) in [5, 5.41) is 6.42. The Morgan fingerprint density at radius 1 is 0.917 bits per heavy atom. The van der Waals surface area contributed by atoms with Gasteiger partial charge in [0.25, 0.3) is 5.91 Å². The first-order chi connectivity index (χ1) is 17.3. The van der Waals surface area contributed by atoms with Crippen LogP contribution < -0.4 is 10.6 Å². The van der Waals surface area contributed by atoms with Gasteiger partial charge in [0.15, 0.2) is 11.5 Å². The van der Waals surface area contributed by atoms with Crippen molar-refractivity contribution in [1.82, 2.24) is 14.4 Å². The van der Waals surface area contributed by atoms with Crippen LogP contribution in [0.15, 0.2) is 91.4 Å². The smallest absolute Gasteiger partial charge is 0.255 e. The zero-order valence-electron chi connectivity index (χ0n) is 20.9. The van der Waals surface area contributed by atoms with Crippen LogP contribution in [0.2, 0.25) is 0 Å². The molecule has 0 spiro atoms. The third-order valence-electron chi connectivity index (χ3n) is 6.08. The van der Waals surface area contributed by atoms with Crippen molar-refractivity contribution in [2.75, 3.05) is 10.6 Å². The van der Waals surface area contributed by atoms with Gasteiger partial charge in [0.1, 0.15) is 0 Å². The third kappa shape index (κ3) is 4.98. The van der Waals surface area contributed by atoms with Crippen LogP contribution in [0, 0.1) is 6.92 Å². The summed E-state index contributed by atoms with van der Waals surface area (Å²) >= 11 is 0. The number of hydrogen-bond donors (Lipinski definition) is 2. The van der Waals surface area contributed by atoms with Crippen LogP contribution in [-0.2, 0) is 5.41 Å². The molecule has 0 radical (unpaired) electrons. The first-order valence-electron chi connectivity index (χ1n) is 12.0. The molecule has 6 nitrogen and oxygen atoms in total. The molecule has 0 aliphatic heterocycles. The lowest BCUT2D eigenvalue weighted by Gasteiger charge is -2.19. The van der Waals surface area contributed by atoms with Gasteiger partial charge in [0.2, 0.25) is 0 Å². The zero-order chi connectivity index (χ0) is 25.3. The fourth-order valence-corrected chi connectivity index (χ4v) is 4.10. The number of nitrogens with one attached hydrogen (secondary N) is 2. The summed E-state index contributed by atoms with van der Waals surface area (Å²) in [6.45, 7) is 8.53. The van der Waals surface area contributed by atoms with Crippen LogP contribution in [0.25, 0.3) is 16.9 Å². The van der Waals surface area contributed by atoms with E-state index in [4.69, 9.17) is 4.98 Å². The van der Waals surface area contributed by atoms with E-state index in [2.05, 4.69) is 55.4 Å². The van der Waals surface area contributed by atoms with Gasteiger partial charge in [-0.3, -0.25) is 4.79 Å². The number of aromatic nitrogens is 3. The van der Waals surface area contributed by atoms with Crippen LogP contribution in [0.3, 0.4) is 0 Å². The lowest BCUT2D eigenvalue weighted by molar-refractivity contribution is 0.102. The van der Waals surface area contributed by atoms with Gasteiger partial charge >= 0.3 is 0 Å². The molecule has 5 rings (SSSR count). The van der Waals surface area contributed by atoms with E-state index in [1.807, 2.05) is 77.5 Å². The van der Waals surface area contributed by atoms with Crippen molar-refractivity contribution in [3.8, 4) is 11.3 Å². The Bertz CT molecular complexity index is 1540. The highest BCUT2D eigenvalue weighted by molar-refractivity contribution is 6.04. The average Bonchev–Trinajstić information content (AvgIpc) is 3.33. The molecule has 0 unspecified atom stereocenters. The van der Waals surface area contributed by atoms with Crippen molar-refractivity contribution < 1.29 is 4.79 Å². The Labute approximate surface area is 211 Å². The van der Waals surface area contributed by atoms with Gasteiger partial charge < -0.3 is 15.0 Å². The molecule has 36 heavy (non-hydrogen) atoms. The molecule has 0 saturated carbocycles. The summed E-state index contributed by atoms with van der Waals surface area (Å²) in [5.41, 5.74) is 7.06. The zero-order valence-corrected chi connectivity index (χ0v) is 20.9. The quantitative estimate of drug-likeness (QED) is 0.287. The standard InChI is InChI=1S/C30H29N5O/c1-20-7-5-9-24(17-20)32-27-28-31-15-16-35(28)19-26(34-27)22-8-6-10-25(18-22)33-29(36)21-11-13-23(14-12-21)30(2,3)4/h5-19H,1-4H3,(H,32,34)(H,33,36). The number of rotatable bonds is 5. The maximum absolute atomic E-state index is 12.9. The van der Waals surface area contributed by atoms with Gasteiger partial charge in [0, 0.05) is 41.1 Å². The van der Waals surface area contributed by atoms with E-state index in [0.29, 0.717) is 17.1 Å². The second-order valence-electron chi connectivity index (χ2n) is 9.99. The van der Waals surface area contributed by atoms with E-state index in [-0.39, 0.29) is 11.3 Å². The highest BCUT2D eigenvalue weighted by Crippen LogP contribution is 2.27. The van der Waals surface area contributed by atoms with E-state index in [0.717, 1.165) is 28.2 Å². The molecule has 2 aromatic heterocycles. The number of benzene rings is 3. The van der Waals surface area contributed by atoms with E-state index in [1.54, 1.807) is 6.20 Å². The lowest BCUT2D eigenvalue weighted by Crippen LogP contribution is -2.14. The molecular formula is C30H29N5O. The number of hydrogen-bond acceptors (Lipinski definition) is 4. The number of imidazole rings is 1. The molecular weight excluding hydrogens is 446 g/mol. The molecule has 1 amide bonds. The SMILES string of the molecule is Cc1cccc(Nc2nc(-c3cccc(NC(=O)c4ccc(C(C)(C)C)cc4)c3)cn3ccnc23)c1. The number of aryl methyl sites for hydroxylation is 1. The highest BCUT2D eigenvalue weighted by atomic mass is 16.1. The number of nitrogens with zero attached hydrogens (tertiary/aromatic N) is 3. The largest absolute Gasteiger partial charge is 0.337 e. The fourth-order valence-electron chi connectivity index (χ4n) is 4.10. The third-order valence-corrected chi connectivity index (χ3v) is 6.08. The molecule has 0 aliphatic carbocycles. The Morgan fingerprint density at radius 3 is 2.42 bits per heavy atom. The second kappa shape index (κ2) is 9.30. The Kier molecular flexibility index (Phi) is 6.02. The second-order valence-corrected chi connectivity index (χ2v) is 9.99. The monoisotopic (exact) mass is 475 g/mol. The van der Waals surface area contributed by atoms with Crippen molar-refractivity contribution in [2.45, 2.75) is 33.1 Å². The normalized spacial score (nSPS) is 11.4. The number of fused-ring (bicyclic) bond motifs is 1. The molecule has 0 saturated heterocycles. The summed E-state index contributed by atoms with van der Waals surface area (Å²) in [7, 11) is 0. The number of amides is 1. The van der Waals surface area contributed by atoms with Gasteiger partial charge in [-0.1, -0.05) is 57.2 Å². The molecule has 2 N–H and O–H groups in total. The van der Waals surface area contributed by atoms with Crippen LogP contribution in [0.4, 0.5) is 17.2 Å². The minimum atomic E-state index is -0.146. The summed E-state index contributed by atoms with van der Waals surface area (Å²) in [6.07, 6.45) is 5.59. The summed E-state index contributed by atoms with van der Waals surface area (Å²) in [6, 6.07) is 23.6. The van der Waals surface area contributed by atoms with E-state index in [9.17, 15) is 4.79 Å². The molecule has 0 fully saturated rings. The lowest BCUT2D eigenvalue weighted by atomic mass is 9.87. The first kappa shape index (κ1) is 23.3. The van der Waals surface area contributed by atoms with Gasteiger partial charge in [0.05, 0.1) is 5.69 Å². The van der Waals surface area contributed by atoms with E-state index in [1.165, 1.54) is 5.56 Å². The predicted octanol–water partition coefficient (Wildman–Crippen LogP) is 7.00. The fraction of sp³-hybridized carbons (Fsp3) is 0.167. The van der Waals surface area contributed by atoms with Crippen LogP contribution in [0.5, 0.6) is 0 Å². The van der Waals surface area contributed by atoms with Crippen LogP contribution >= 0.6 is 0 Å². The van der Waals surface area contributed by atoms with Crippen molar-refractivity contribution in [2.24, 2.45) is 0 Å². The highest BCUT2D eigenvalue weighted by Gasteiger charge is 2.15. The molecule has 5 aromatic rings. The van der Waals surface area contributed by atoms with Crippen molar-refractivity contribution >= 4 is 28.7 Å². The average molecular weight is 476 g/mol. The topological polar surface area (TPSA) is 71.3 Å². The van der Waals surface area contributed by atoms with Crippen LogP contribution in [-0.4, -0.2) is 20.3 Å². The van der Waals surface area contributed by atoms with E-state index >= 15 is 0 Å². The number of carbonyl (C=O) groups is 1. The summed E-state index contributed by atoms with van der Waals surface area (Å²) < 4.78 is 1.95. The minimum Gasteiger partial charge on any atom is -0.337 e. The minimum absolute atomic E-state index is 0.0414. The van der Waals surface area contributed by atoms with Crippen molar-refractivity contribution in [3.63, 3.8) is 0 Å². The predicted molar refractivity (Wildman–Crippen MR) is 146 cm³/mol. The molecule has 180 valence electrons. The Morgan fingerprint density at radius 2 is 1.67 bits per heavy atom. The van der Waals surface area contributed by atoms with Gasteiger partial charge in [-0.15, -0.1) is 0 Å². The van der Waals surface area contributed by atoms with Crippen molar-refractivity contribution in [3.05, 3.63) is 108 Å². The molecule has 0 bridgehead atoms. The number of anilines is 3. The van der Waals surface area contributed by atoms with Gasteiger partial charge in [-0.2, -0.15) is 0 Å².